The number of Topliss-reactive ketones (excluding diaryl/α,β-unsaturated/α-hetero) is 1. The molecule has 23 heavy (non-hydrogen) atoms. The molecule has 3 nitrogen and oxygen atoms in total. The highest BCUT2D eigenvalue weighted by Crippen LogP contribution is 2.39. The third kappa shape index (κ3) is 2.84. The summed E-state index contributed by atoms with van der Waals surface area (Å²) in [6, 6.07) is 9.65. The molecule has 3 rings (SSSR count). The molecule has 0 atom stereocenters. The first-order valence-electron chi connectivity index (χ1n) is 7.38. The molecule has 0 amide bonds. The number of hydrogen-bond donors (Lipinski definition) is 0. The van der Waals surface area contributed by atoms with Crippen LogP contribution in [0.25, 0.3) is 0 Å². The SMILES string of the molecule is CC(C)=C1Oc2c(ccc(OCc3ccc(F)cc3)c2C)C1=O. The topological polar surface area (TPSA) is 35.5 Å². The zero-order valence-electron chi connectivity index (χ0n) is 13.3. The third-order valence-corrected chi connectivity index (χ3v) is 3.77. The van der Waals surface area contributed by atoms with Gasteiger partial charge in [0.05, 0.1) is 5.56 Å². The molecule has 0 bridgehead atoms. The Kier molecular flexibility index (Phi) is 3.90. The Morgan fingerprint density at radius 2 is 1.83 bits per heavy atom. The van der Waals surface area contributed by atoms with Crippen LogP contribution in [0.15, 0.2) is 47.7 Å². The van der Waals surface area contributed by atoms with Crippen LogP contribution in [0.4, 0.5) is 4.39 Å². The minimum absolute atomic E-state index is 0.0896. The third-order valence-electron chi connectivity index (χ3n) is 3.77. The molecule has 1 aliphatic heterocycles. The van der Waals surface area contributed by atoms with E-state index in [-0.39, 0.29) is 11.6 Å². The number of halogens is 1. The molecule has 0 fully saturated rings. The number of ketones is 1. The molecule has 2 aromatic carbocycles. The van der Waals surface area contributed by atoms with E-state index in [4.69, 9.17) is 9.47 Å². The summed E-state index contributed by atoms with van der Waals surface area (Å²) in [6.07, 6.45) is 0. The van der Waals surface area contributed by atoms with Gasteiger partial charge in [0.15, 0.2) is 5.76 Å². The molecule has 2 aromatic rings. The number of fused-ring (bicyclic) bond motifs is 1. The Morgan fingerprint density at radius 3 is 2.48 bits per heavy atom. The van der Waals surface area contributed by atoms with E-state index >= 15 is 0 Å². The molecule has 4 heteroatoms. The Balaban J connectivity index is 1.84. The molecule has 0 saturated carbocycles. The van der Waals surface area contributed by atoms with Crippen LogP contribution in [0.2, 0.25) is 0 Å². The van der Waals surface area contributed by atoms with Crippen molar-refractivity contribution < 1.29 is 18.7 Å². The number of rotatable bonds is 3. The second-order valence-electron chi connectivity index (χ2n) is 5.74. The normalized spacial score (nSPS) is 12.9. The van der Waals surface area contributed by atoms with E-state index in [1.807, 2.05) is 20.8 Å². The summed E-state index contributed by atoms with van der Waals surface area (Å²) < 4.78 is 24.4. The fourth-order valence-corrected chi connectivity index (χ4v) is 2.48. The molecule has 0 N–H and O–H groups in total. The molecule has 0 unspecified atom stereocenters. The highest BCUT2D eigenvalue weighted by molar-refractivity contribution is 6.13. The lowest BCUT2D eigenvalue weighted by molar-refractivity contribution is 0.101. The fraction of sp³-hybridized carbons (Fsp3) is 0.211. The Hall–Kier alpha value is -2.62. The van der Waals surface area contributed by atoms with Crippen LogP contribution in [0, 0.1) is 12.7 Å². The van der Waals surface area contributed by atoms with Crippen molar-refractivity contribution in [1.82, 2.24) is 0 Å². The van der Waals surface area contributed by atoms with E-state index < -0.39 is 0 Å². The first-order valence-corrected chi connectivity index (χ1v) is 7.38. The molecule has 118 valence electrons. The summed E-state index contributed by atoms with van der Waals surface area (Å²) in [6.45, 7) is 5.88. The molecular formula is C19H17FO3. The molecule has 1 heterocycles. The van der Waals surface area contributed by atoms with Crippen molar-refractivity contribution in [3.05, 3.63) is 70.2 Å². The average Bonchev–Trinajstić information content (AvgIpc) is 2.86. The maximum Gasteiger partial charge on any atom is 0.231 e. The quantitative estimate of drug-likeness (QED) is 0.778. The van der Waals surface area contributed by atoms with Crippen LogP contribution < -0.4 is 9.47 Å². The van der Waals surface area contributed by atoms with E-state index in [0.717, 1.165) is 16.7 Å². The zero-order chi connectivity index (χ0) is 16.6. The Bertz CT molecular complexity index is 800. The van der Waals surface area contributed by atoms with Gasteiger partial charge in [0, 0.05) is 5.56 Å². The predicted molar refractivity (Wildman–Crippen MR) is 85.2 cm³/mol. The minimum Gasteiger partial charge on any atom is -0.488 e. The zero-order valence-corrected chi connectivity index (χ0v) is 13.3. The number of ether oxygens (including phenoxy) is 2. The number of carbonyl (C=O) groups excluding carboxylic acids is 1. The van der Waals surface area contributed by atoms with Gasteiger partial charge in [-0.15, -0.1) is 0 Å². The van der Waals surface area contributed by atoms with Crippen LogP contribution in [0.1, 0.15) is 35.3 Å². The van der Waals surface area contributed by atoms with Crippen molar-refractivity contribution in [1.29, 1.82) is 0 Å². The fourth-order valence-electron chi connectivity index (χ4n) is 2.48. The van der Waals surface area contributed by atoms with Crippen molar-refractivity contribution in [2.75, 3.05) is 0 Å². The van der Waals surface area contributed by atoms with Crippen molar-refractivity contribution in [2.45, 2.75) is 27.4 Å². The number of allylic oxidation sites excluding steroid dienone is 2. The monoisotopic (exact) mass is 312 g/mol. The van der Waals surface area contributed by atoms with Gasteiger partial charge in [0.25, 0.3) is 0 Å². The highest BCUT2D eigenvalue weighted by atomic mass is 19.1. The summed E-state index contributed by atoms with van der Waals surface area (Å²) in [5.41, 5.74) is 3.06. The van der Waals surface area contributed by atoms with Crippen LogP contribution >= 0.6 is 0 Å². The van der Waals surface area contributed by atoms with Gasteiger partial charge in [0.2, 0.25) is 5.78 Å². The van der Waals surface area contributed by atoms with Gasteiger partial charge in [-0.25, -0.2) is 4.39 Å². The van der Waals surface area contributed by atoms with E-state index in [9.17, 15) is 9.18 Å². The summed E-state index contributed by atoms with van der Waals surface area (Å²) in [7, 11) is 0. The van der Waals surface area contributed by atoms with Crippen LogP contribution in [-0.4, -0.2) is 5.78 Å². The molecule has 0 spiro atoms. The minimum atomic E-state index is -0.274. The van der Waals surface area contributed by atoms with Crippen molar-refractivity contribution in [3.8, 4) is 11.5 Å². The van der Waals surface area contributed by atoms with Crippen LogP contribution in [0.5, 0.6) is 11.5 Å². The highest BCUT2D eigenvalue weighted by Gasteiger charge is 2.30. The van der Waals surface area contributed by atoms with E-state index in [0.29, 0.717) is 29.4 Å². The molecular weight excluding hydrogens is 295 g/mol. The van der Waals surface area contributed by atoms with Crippen molar-refractivity contribution in [3.63, 3.8) is 0 Å². The summed E-state index contributed by atoms with van der Waals surface area (Å²) in [4.78, 5) is 12.3. The van der Waals surface area contributed by atoms with Gasteiger partial charge in [-0.05, 0) is 56.2 Å². The largest absolute Gasteiger partial charge is 0.488 e. The first kappa shape index (κ1) is 15.3. The maximum atomic E-state index is 12.9. The van der Waals surface area contributed by atoms with Crippen LogP contribution in [0.3, 0.4) is 0 Å². The number of carbonyl (C=O) groups is 1. The van der Waals surface area contributed by atoms with Crippen LogP contribution in [-0.2, 0) is 6.61 Å². The number of hydrogen-bond acceptors (Lipinski definition) is 3. The summed E-state index contributed by atoms with van der Waals surface area (Å²) in [5.74, 6) is 1.23. The lowest BCUT2D eigenvalue weighted by atomic mass is 10.1. The second kappa shape index (κ2) is 5.88. The number of benzene rings is 2. The lowest BCUT2D eigenvalue weighted by Crippen LogP contribution is -2.00. The smallest absolute Gasteiger partial charge is 0.231 e. The van der Waals surface area contributed by atoms with Crippen molar-refractivity contribution >= 4 is 5.78 Å². The summed E-state index contributed by atoms with van der Waals surface area (Å²) in [5, 5.41) is 0. The van der Waals surface area contributed by atoms with Crippen molar-refractivity contribution in [2.24, 2.45) is 0 Å². The Labute approximate surface area is 134 Å². The van der Waals surface area contributed by atoms with E-state index in [1.165, 1.54) is 12.1 Å². The van der Waals surface area contributed by atoms with Gasteiger partial charge in [-0.3, -0.25) is 4.79 Å². The lowest BCUT2D eigenvalue weighted by Gasteiger charge is -2.11. The van der Waals surface area contributed by atoms with Gasteiger partial charge < -0.3 is 9.47 Å². The Morgan fingerprint density at radius 1 is 1.13 bits per heavy atom. The standard InChI is InChI=1S/C19H17FO3/c1-11(2)18-17(21)15-8-9-16(12(3)19(15)23-18)22-10-13-4-6-14(20)7-5-13/h4-9H,10H2,1-3H3. The molecule has 1 aliphatic rings. The van der Waals surface area contributed by atoms with Gasteiger partial charge in [-0.1, -0.05) is 12.1 Å². The molecule has 0 radical (unpaired) electrons. The van der Waals surface area contributed by atoms with E-state index in [1.54, 1.807) is 24.3 Å². The van der Waals surface area contributed by atoms with Gasteiger partial charge in [-0.2, -0.15) is 0 Å². The maximum absolute atomic E-state index is 12.9. The molecule has 0 aromatic heterocycles. The molecule has 0 saturated heterocycles. The first-order chi connectivity index (χ1) is 11.0. The van der Waals surface area contributed by atoms with Gasteiger partial charge in [0.1, 0.15) is 23.9 Å². The molecule has 0 aliphatic carbocycles. The predicted octanol–water partition coefficient (Wildman–Crippen LogP) is 4.58. The van der Waals surface area contributed by atoms with E-state index in [2.05, 4.69) is 0 Å². The average molecular weight is 312 g/mol. The second-order valence-corrected chi connectivity index (χ2v) is 5.74. The van der Waals surface area contributed by atoms with Gasteiger partial charge >= 0.3 is 0 Å². The summed E-state index contributed by atoms with van der Waals surface area (Å²) >= 11 is 0.